The molecule has 0 saturated carbocycles. The summed E-state index contributed by atoms with van der Waals surface area (Å²) in [6, 6.07) is 5.62. The molecular weight excluding hydrogens is 322 g/mol. The maximum absolute atomic E-state index is 12.3. The van der Waals surface area contributed by atoms with E-state index in [1.807, 2.05) is 44.5 Å². The Labute approximate surface area is 144 Å². The molecule has 0 saturated heterocycles. The summed E-state index contributed by atoms with van der Waals surface area (Å²) in [6.07, 6.45) is 3.79. The molecule has 0 bridgehead atoms. The summed E-state index contributed by atoms with van der Waals surface area (Å²) in [5, 5.41) is 9.95. The first-order valence-electron chi connectivity index (χ1n) is 7.68. The molecule has 0 fully saturated rings. The van der Waals surface area contributed by atoms with Crippen LogP contribution in [-0.4, -0.2) is 25.7 Å². The van der Waals surface area contributed by atoms with Gasteiger partial charge in [0.2, 0.25) is 5.91 Å². The van der Waals surface area contributed by atoms with Gasteiger partial charge in [0.1, 0.15) is 5.01 Å². The summed E-state index contributed by atoms with van der Waals surface area (Å²) in [7, 11) is 1.89. The monoisotopic (exact) mass is 341 g/mol. The maximum Gasteiger partial charge on any atom is 0.226 e. The number of pyridine rings is 1. The van der Waals surface area contributed by atoms with E-state index in [-0.39, 0.29) is 18.4 Å². The lowest BCUT2D eigenvalue weighted by atomic mass is 10.1. The molecule has 3 heterocycles. The fraction of sp³-hybridized carbons (Fsp3) is 0.294. The van der Waals surface area contributed by atoms with Crippen LogP contribution in [0.3, 0.4) is 0 Å². The SMILES string of the molecule is Cc1c(C(C)NC(=O)Cc2csc(-c3ccccn3)n2)cnn1C. The third kappa shape index (κ3) is 3.51. The third-order valence-electron chi connectivity index (χ3n) is 3.89. The van der Waals surface area contributed by atoms with Gasteiger partial charge in [-0.05, 0) is 26.0 Å². The van der Waals surface area contributed by atoms with Gasteiger partial charge < -0.3 is 5.32 Å². The van der Waals surface area contributed by atoms with Crippen molar-refractivity contribution in [2.24, 2.45) is 7.05 Å². The number of amides is 1. The molecular formula is C17H19N5OS. The van der Waals surface area contributed by atoms with Crippen LogP contribution in [0.5, 0.6) is 0 Å². The third-order valence-corrected chi connectivity index (χ3v) is 4.81. The Morgan fingerprint density at radius 2 is 2.25 bits per heavy atom. The van der Waals surface area contributed by atoms with Crippen molar-refractivity contribution >= 4 is 17.2 Å². The predicted molar refractivity (Wildman–Crippen MR) is 93.6 cm³/mol. The Balaban J connectivity index is 1.63. The molecule has 0 aliphatic carbocycles. The Morgan fingerprint density at radius 1 is 1.42 bits per heavy atom. The molecule has 3 rings (SSSR count). The van der Waals surface area contributed by atoms with Crippen molar-refractivity contribution in [2.75, 3.05) is 0 Å². The predicted octanol–water partition coefficient (Wildman–Crippen LogP) is 2.67. The minimum Gasteiger partial charge on any atom is -0.349 e. The lowest BCUT2D eigenvalue weighted by Crippen LogP contribution is -2.28. The van der Waals surface area contributed by atoms with E-state index in [0.717, 1.165) is 27.7 Å². The van der Waals surface area contributed by atoms with Crippen LogP contribution in [0.15, 0.2) is 36.0 Å². The van der Waals surface area contributed by atoms with E-state index in [0.29, 0.717) is 0 Å². The summed E-state index contributed by atoms with van der Waals surface area (Å²) >= 11 is 1.50. The Hall–Kier alpha value is -2.54. The normalized spacial score (nSPS) is 12.1. The Kier molecular flexibility index (Phi) is 4.71. The summed E-state index contributed by atoms with van der Waals surface area (Å²) in [6.45, 7) is 3.95. The van der Waals surface area contributed by atoms with Crippen molar-refractivity contribution in [3.8, 4) is 10.7 Å². The number of carbonyl (C=O) groups excluding carboxylic acids is 1. The van der Waals surface area contributed by atoms with E-state index in [2.05, 4.69) is 20.4 Å². The molecule has 0 aliphatic heterocycles. The van der Waals surface area contributed by atoms with Crippen molar-refractivity contribution in [1.29, 1.82) is 0 Å². The minimum atomic E-state index is -0.0832. The quantitative estimate of drug-likeness (QED) is 0.774. The minimum absolute atomic E-state index is 0.0522. The first-order valence-corrected chi connectivity index (χ1v) is 8.56. The summed E-state index contributed by atoms with van der Waals surface area (Å²) in [5.41, 5.74) is 3.66. The zero-order valence-corrected chi connectivity index (χ0v) is 14.7. The van der Waals surface area contributed by atoms with Crippen LogP contribution in [-0.2, 0) is 18.3 Å². The highest BCUT2D eigenvalue weighted by Gasteiger charge is 2.16. The highest BCUT2D eigenvalue weighted by molar-refractivity contribution is 7.13. The first-order chi connectivity index (χ1) is 11.5. The molecule has 1 unspecified atom stereocenters. The van der Waals surface area contributed by atoms with Gasteiger partial charge in [0.05, 0.1) is 30.0 Å². The lowest BCUT2D eigenvalue weighted by molar-refractivity contribution is -0.121. The van der Waals surface area contributed by atoms with Crippen LogP contribution in [0.2, 0.25) is 0 Å². The van der Waals surface area contributed by atoms with Crippen LogP contribution in [0, 0.1) is 6.92 Å². The fourth-order valence-corrected chi connectivity index (χ4v) is 3.27. The summed E-state index contributed by atoms with van der Waals surface area (Å²) in [4.78, 5) is 21.1. The zero-order valence-electron chi connectivity index (χ0n) is 13.9. The lowest BCUT2D eigenvalue weighted by Gasteiger charge is -2.13. The van der Waals surface area contributed by atoms with Gasteiger partial charge in [0.25, 0.3) is 0 Å². The van der Waals surface area contributed by atoms with E-state index < -0.39 is 0 Å². The van der Waals surface area contributed by atoms with Gasteiger partial charge in [-0.1, -0.05) is 6.07 Å². The highest BCUT2D eigenvalue weighted by atomic mass is 32.1. The number of aryl methyl sites for hydroxylation is 1. The molecule has 3 aromatic heterocycles. The second-order valence-corrected chi connectivity index (χ2v) is 6.49. The molecule has 6 nitrogen and oxygen atoms in total. The number of nitrogens with zero attached hydrogens (tertiary/aromatic N) is 4. The van der Waals surface area contributed by atoms with Gasteiger partial charge in [-0.15, -0.1) is 11.3 Å². The van der Waals surface area contributed by atoms with Crippen molar-refractivity contribution in [3.05, 3.63) is 52.9 Å². The molecule has 0 aromatic carbocycles. The number of carbonyl (C=O) groups is 1. The van der Waals surface area contributed by atoms with Crippen molar-refractivity contribution in [1.82, 2.24) is 25.1 Å². The summed E-state index contributed by atoms with van der Waals surface area (Å²) < 4.78 is 1.80. The van der Waals surface area contributed by atoms with E-state index in [9.17, 15) is 4.79 Å². The molecule has 0 radical (unpaired) electrons. The van der Waals surface area contributed by atoms with E-state index in [1.54, 1.807) is 17.1 Å². The number of aromatic nitrogens is 4. The smallest absolute Gasteiger partial charge is 0.226 e. The largest absolute Gasteiger partial charge is 0.349 e. The zero-order chi connectivity index (χ0) is 17.1. The van der Waals surface area contributed by atoms with Gasteiger partial charge in [0, 0.05) is 29.9 Å². The number of thiazole rings is 1. The summed E-state index contributed by atoms with van der Waals surface area (Å²) in [5.74, 6) is -0.0522. The van der Waals surface area contributed by atoms with Crippen molar-refractivity contribution in [3.63, 3.8) is 0 Å². The Morgan fingerprint density at radius 3 is 2.92 bits per heavy atom. The molecule has 1 atom stereocenters. The molecule has 1 N–H and O–H groups in total. The van der Waals surface area contributed by atoms with Gasteiger partial charge in [-0.3, -0.25) is 14.5 Å². The van der Waals surface area contributed by atoms with E-state index >= 15 is 0 Å². The van der Waals surface area contributed by atoms with Gasteiger partial charge >= 0.3 is 0 Å². The van der Waals surface area contributed by atoms with Gasteiger partial charge in [0.15, 0.2) is 0 Å². The average Bonchev–Trinajstić information content (AvgIpc) is 3.16. The standard InChI is InChI=1S/C17H19N5OS/c1-11(14-9-19-22(3)12(14)2)20-16(23)8-13-10-24-17(21-13)15-6-4-5-7-18-15/h4-7,9-11H,8H2,1-3H3,(H,20,23). The molecule has 1 amide bonds. The molecule has 7 heteroatoms. The number of rotatable bonds is 5. The van der Waals surface area contributed by atoms with Gasteiger partial charge in [-0.2, -0.15) is 5.10 Å². The fourth-order valence-electron chi connectivity index (χ4n) is 2.47. The van der Waals surface area contributed by atoms with Crippen LogP contribution in [0.1, 0.15) is 29.9 Å². The van der Waals surface area contributed by atoms with Crippen LogP contribution in [0.4, 0.5) is 0 Å². The number of hydrogen-bond donors (Lipinski definition) is 1. The number of hydrogen-bond acceptors (Lipinski definition) is 5. The van der Waals surface area contributed by atoms with E-state index in [1.165, 1.54) is 11.3 Å². The van der Waals surface area contributed by atoms with Crippen LogP contribution in [0.25, 0.3) is 10.7 Å². The van der Waals surface area contributed by atoms with Gasteiger partial charge in [-0.25, -0.2) is 4.98 Å². The second kappa shape index (κ2) is 6.92. The van der Waals surface area contributed by atoms with Crippen molar-refractivity contribution < 1.29 is 4.79 Å². The van der Waals surface area contributed by atoms with Crippen LogP contribution < -0.4 is 5.32 Å². The van der Waals surface area contributed by atoms with Crippen LogP contribution >= 0.6 is 11.3 Å². The van der Waals surface area contributed by atoms with E-state index in [4.69, 9.17) is 0 Å². The molecule has 0 spiro atoms. The molecule has 3 aromatic rings. The average molecular weight is 341 g/mol. The maximum atomic E-state index is 12.3. The Bertz CT molecular complexity index is 840. The second-order valence-electron chi connectivity index (χ2n) is 5.63. The topological polar surface area (TPSA) is 72.7 Å². The first kappa shape index (κ1) is 16.3. The highest BCUT2D eigenvalue weighted by Crippen LogP contribution is 2.22. The van der Waals surface area contributed by atoms with Crippen molar-refractivity contribution in [2.45, 2.75) is 26.3 Å². The number of nitrogens with one attached hydrogen (secondary N) is 1. The molecule has 24 heavy (non-hydrogen) atoms. The molecule has 0 aliphatic rings. The molecule has 124 valence electrons.